The van der Waals surface area contributed by atoms with E-state index in [0.717, 1.165) is 0 Å². The summed E-state index contributed by atoms with van der Waals surface area (Å²) in [5.41, 5.74) is 1.10. The molecule has 1 unspecified atom stereocenters. The van der Waals surface area contributed by atoms with E-state index in [2.05, 4.69) is 0 Å². The largest absolute Gasteiger partial charge is 0.419 e. The summed E-state index contributed by atoms with van der Waals surface area (Å²) in [7, 11) is -2.30. The van der Waals surface area contributed by atoms with Gasteiger partial charge in [0.05, 0.1) is 16.5 Å². The molecule has 2 heterocycles. The third-order valence-electron chi connectivity index (χ3n) is 4.84. The van der Waals surface area contributed by atoms with Gasteiger partial charge in [-0.05, 0) is 31.0 Å². The number of hydrogen-bond acceptors (Lipinski definition) is 4. The maximum atomic E-state index is 14.2. The second-order valence-electron chi connectivity index (χ2n) is 6.35. The number of aryl methyl sites for hydroxylation is 1. The zero-order chi connectivity index (χ0) is 18.5. The van der Waals surface area contributed by atoms with E-state index in [1.807, 2.05) is 0 Å². The van der Waals surface area contributed by atoms with Crippen molar-refractivity contribution in [3.8, 4) is 0 Å². The highest BCUT2D eigenvalue weighted by Crippen LogP contribution is 2.37. The SMILES string of the molecule is Cn1c(=O)oc2cc(S(=O)(=O)N3CCCC3c3ccccc3F)ccc21. The zero-order valence-corrected chi connectivity index (χ0v) is 14.9. The molecule has 3 aromatic rings. The Kier molecular flexibility index (Phi) is 3.96. The third-order valence-corrected chi connectivity index (χ3v) is 6.74. The van der Waals surface area contributed by atoms with Gasteiger partial charge in [-0.3, -0.25) is 4.57 Å². The van der Waals surface area contributed by atoms with Crippen LogP contribution in [-0.2, 0) is 17.1 Å². The number of halogens is 1. The molecule has 0 radical (unpaired) electrons. The lowest BCUT2D eigenvalue weighted by atomic mass is 10.1. The number of oxazole rings is 1. The second-order valence-corrected chi connectivity index (χ2v) is 8.24. The lowest BCUT2D eigenvalue weighted by Crippen LogP contribution is -2.31. The highest BCUT2D eigenvalue weighted by atomic mass is 32.2. The first-order chi connectivity index (χ1) is 12.4. The van der Waals surface area contributed by atoms with Crippen molar-refractivity contribution in [3.63, 3.8) is 0 Å². The van der Waals surface area contributed by atoms with Crippen LogP contribution in [0.3, 0.4) is 0 Å². The molecule has 2 aromatic carbocycles. The summed E-state index contributed by atoms with van der Waals surface area (Å²) in [6, 6.07) is 10.0. The highest BCUT2D eigenvalue weighted by molar-refractivity contribution is 7.89. The lowest BCUT2D eigenvalue weighted by molar-refractivity contribution is 0.386. The summed E-state index contributed by atoms with van der Waals surface area (Å²) < 4.78 is 48.2. The van der Waals surface area contributed by atoms with Crippen LogP contribution in [0.5, 0.6) is 0 Å². The molecule has 4 rings (SSSR count). The lowest BCUT2D eigenvalue weighted by Gasteiger charge is -2.24. The fourth-order valence-electron chi connectivity index (χ4n) is 3.49. The first-order valence-corrected chi connectivity index (χ1v) is 9.69. The Morgan fingerprint density at radius 3 is 2.73 bits per heavy atom. The number of hydrogen-bond donors (Lipinski definition) is 0. The van der Waals surface area contributed by atoms with Crippen LogP contribution in [0.15, 0.2) is 56.6 Å². The minimum absolute atomic E-state index is 0.0302. The quantitative estimate of drug-likeness (QED) is 0.705. The summed E-state index contributed by atoms with van der Waals surface area (Å²) >= 11 is 0. The first-order valence-electron chi connectivity index (χ1n) is 8.25. The molecule has 0 N–H and O–H groups in total. The van der Waals surface area contributed by atoms with Crippen LogP contribution in [0.25, 0.3) is 11.1 Å². The molecule has 26 heavy (non-hydrogen) atoms. The number of fused-ring (bicyclic) bond motifs is 1. The fourth-order valence-corrected chi connectivity index (χ4v) is 5.18. The molecule has 0 bridgehead atoms. The van der Waals surface area contributed by atoms with Gasteiger partial charge >= 0.3 is 5.76 Å². The van der Waals surface area contributed by atoms with Gasteiger partial charge in [0, 0.05) is 25.2 Å². The minimum Gasteiger partial charge on any atom is -0.408 e. The molecule has 1 aliphatic rings. The smallest absolute Gasteiger partial charge is 0.408 e. The Hall–Kier alpha value is -2.45. The van der Waals surface area contributed by atoms with Crippen molar-refractivity contribution in [2.45, 2.75) is 23.8 Å². The average Bonchev–Trinajstić information content (AvgIpc) is 3.21. The summed E-state index contributed by atoms with van der Waals surface area (Å²) in [6.45, 7) is 0.318. The van der Waals surface area contributed by atoms with Crippen LogP contribution >= 0.6 is 0 Å². The van der Waals surface area contributed by atoms with Crippen molar-refractivity contribution in [2.24, 2.45) is 7.05 Å². The Morgan fingerprint density at radius 1 is 1.19 bits per heavy atom. The van der Waals surface area contributed by atoms with Gasteiger partial charge in [-0.15, -0.1) is 0 Å². The topological polar surface area (TPSA) is 72.5 Å². The normalized spacial score (nSPS) is 18.6. The van der Waals surface area contributed by atoms with Gasteiger partial charge in [0.25, 0.3) is 0 Å². The monoisotopic (exact) mass is 376 g/mol. The van der Waals surface area contributed by atoms with Gasteiger partial charge in [-0.2, -0.15) is 4.31 Å². The van der Waals surface area contributed by atoms with Crippen LogP contribution in [0.1, 0.15) is 24.4 Å². The van der Waals surface area contributed by atoms with Gasteiger partial charge in [-0.25, -0.2) is 17.6 Å². The second kappa shape index (κ2) is 6.07. The molecule has 1 fully saturated rings. The van der Waals surface area contributed by atoms with Crippen molar-refractivity contribution in [1.29, 1.82) is 0 Å². The minimum atomic E-state index is -3.85. The van der Waals surface area contributed by atoms with E-state index in [1.165, 1.54) is 27.1 Å². The molecule has 0 spiro atoms. The zero-order valence-electron chi connectivity index (χ0n) is 14.1. The molecule has 6 nitrogen and oxygen atoms in total. The predicted molar refractivity (Wildman–Crippen MR) is 93.7 cm³/mol. The van der Waals surface area contributed by atoms with Gasteiger partial charge in [0.1, 0.15) is 5.82 Å². The van der Waals surface area contributed by atoms with Crippen LogP contribution in [-0.4, -0.2) is 23.8 Å². The van der Waals surface area contributed by atoms with E-state index < -0.39 is 27.6 Å². The summed E-state index contributed by atoms with van der Waals surface area (Å²) in [5, 5.41) is 0. The number of benzene rings is 2. The van der Waals surface area contributed by atoms with Crippen LogP contribution in [0.4, 0.5) is 4.39 Å². The fraction of sp³-hybridized carbons (Fsp3) is 0.278. The van der Waals surface area contributed by atoms with E-state index in [-0.39, 0.29) is 10.5 Å². The number of sulfonamides is 1. The summed E-state index contributed by atoms with van der Waals surface area (Å²) in [4.78, 5) is 11.7. The number of aromatic nitrogens is 1. The maximum absolute atomic E-state index is 14.2. The van der Waals surface area contributed by atoms with E-state index >= 15 is 0 Å². The van der Waals surface area contributed by atoms with E-state index in [4.69, 9.17) is 4.42 Å². The Balaban J connectivity index is 1.78. The third kappa shape index (κ3) is 2.57. The van der Waals surface area contributed by atoms with Crippen LogP contribution in [0, 0.1) is 5.82 Å². The standard InChI is InChI=1S/C18H17FN2O4S/c1-20-16-9-8-12(11-17(16)25-18(20)22)26(23,24)21-10-4-7-15(21)13-5-2-3-6-14(13)19/h2-3,5-6,8-9,11,15H,4,7,10H2,1H3. The molecule has 0 amide bonds. The molecule has 1 aromatic heterocycles. The Labute approximate surface area is 149 Å². The van der Waals surface area contributed by atoms with Gasteiger partial charge in [0.15, 0.2) is 5.58 Å². The maximum Gasteiger partial charge on any atom is 0.419 e. The van der Waals surface area contributed by atoms with Gasteiger partial charge in [0.2, 0.25) is 10.0 Å². The van der Waals surface area contributed by atoms with Gasteiger partial charge < -0.3 is 4.42 Å². The number of rotatable bonds is 3. The van der Waals surface area contributed by atoms with Gasteiger partial charge in [-0.1, -0.05) is 18.2 Å². The molecule has 0 aliphatic carbocycles. The van der Waals surface area contributed by atoms with Crippen molar-refractivity contribution in [2.75, 3.05) is 6.54 Å². The van der Waals surface area contributed by atoms with Crippen molar-refractivity contribution in [1.82, 2.24) is 8.87 Å². The Morgan fingerprint density at radius 2 is 1.96 bits per heavy atom. The van der Waals surface area contributed by atoms with E-state index in [1.54, 1.807) is 31.3 Å². The molecule has 0 saturated carbocycles. The molecule has 8 heteroatoms. The molecule has 1 saturated heterocycles. The first kappa shape index (κ1) is 17.0. The van der Waals surface area contributed by atoms with Crippen LogP contribution in [0.2, 0.25) is 0 Å². The summed E-state index contributed by atoms with van der Waals surface area (Å²) in [6.07, 6.45) is 1.21. The highest BCUT2D eigenvalue weighted by Gasteiger charge is 2.37. The van der Waals surface area contributed by atoms with Crippen LogP contribution < -0.4 is 5.76 Å². The molecule has 1 atom stereocenters. The average molecular weight is 376 g/mol. The Bertz CT molecular complexity index is 1150. The molecule has 1 aliphatic heterocycles. The predicted octanol–water partition coefficient (Wildman–Crippen LogP) is 2.80. The van der Waals surface area contributed by atoms with Crippen molar-refractivity contribution < 1.29 is 17.2 Å². The molecular weight excluding hydrogens is 359 g/mol. The van der Waals surface area contributed by atoms with E-state index in [9.17, 15) is 17.6 Å². The number of nitrogens with zero attached hydrogens (tertiary/aromatic N) is 2. The van der Waals surface area contributed by atoms with Crippen molar-refractivity contribution in [3.05, 3.63) is 64.4 Å². The van der Waals surface area contributed by atoms with Crippen molar-refractivity contribution >= 4 is 21.1 Å². The molecule has 136 valence electrons. The van der Waals surface area contributed by atoms with E-state index in [0.29, 0.717) is 30.5 Å². The molecular formula is C18H17FN2O4S. The summed E-state index contributed by atoms with van der Waals surface area (Å²) in [5.74, 6) is -0.968.